The summed E-state index contributed by atoms with van der Waals surface area (Å²) in [7, 11) is 0. The van der Waals surface area contributed by atoms with Crippen LogP contribution in [0.15, 0.2) is 29.0 Å². The van der Waals surface area contributed by atoms with Crippen LogP contribution >= 0.6 is 0 Å². The summed E-state index contributed by atoms with van der Waals surface area (Å²) in [6.45, 7) is 6.89. The van der Waals surface area contributed by atoms with Crippen molar-refractivity contribution < 1.29 is 13.9 Å². The molecule has 0 radical (unpaired) electrons. The number of aromatic nitrogens is 1. The van der Waals surface area contributed by atoms with Crippen molar-refractivity contribution in [3.05, 3.63) is 24.6 Å². The molecule has 3 fully saturated rings. The van der Waals surface area contributed by atoms with Crippen LogP contribution in [0.1, 0.15) is 25.7 Å². The first-order valence-electron chi connectivity index (χ1n) is 11.0. The molecule has 0 bridgehead atoms. The van der Waals surface area contributed by atoms with Crippen molar-refractivity contribution in [2.24, 2.45) is 5.92 Å². The lowest BCUT2D eigenvalue weighted by Crippen LogP contribution is -2.52. The van der Waals surface area contributed by atoms with Crippen LogP contribution in [0.5, 0.6) is 0 Å². The third kappa shape index (κ3) is 3.85. The Morgan fingerprint density at radius 3 is 2.69 bits per heavy atom. The van der Waals surface area contributed by atoms with E-state index in [0.717, 1.165) is 81.7 Å². The molecular formula is C22H30N4O3. The van der Waals surface area contributed by atoms with E-state index < -0.39 is 0 Å². The molecule has 1 amide bonds. The largest absolute Gasteiger partial charge is 0.464 e. The number of hydrogen-bond donors (Lipinski definition) is 0. The average Bonchev–Trinajstić information content (AvgIpc) is 3.28. The lowest BCUT2D eigenvalue weighted by molar-refractivity contribution is -0.141. The number of morpholine rings is 1. The van der Waals surface area contributed by atoms with Crippen LogP contribution in [-0.2, 0) is 9.53 Å². The van der Waals surface area contributed by atoms with Crippen molar-refractivity contribution >= 4 is 22.7 Å². The number of likely N-dealkylation sites (tertiary alicyclic amines) is 1. The monoisotopic (exact) mass is 398 g/mol. The van der Waals surface area contributed by atoms with Gasteiger partial charge in [-0.1, -0.05) is 0 Å². The Morgan fingerprint density at radius 2 is 1.86 bits per heavy atom. The molecule has 3 saturated heterocycles. The SMILES string of the molecule is O=C([C@H]1CCCN(C2CCN(c3nccc4occc34)CC2)C1)N1CCOCC1. The molecule has 5 heterocycles. The summed E-state index contributed by atoms with van der Waals surface area (Å²) in [4.78, 5) is 24.5. The lowest BCUT2D eigenvalue weighted by Gasteiger charge is -2.43. The highest BCUT2D eigenvalue weighted by Crippen LogP contribution is 2.30. The molecule has 2 aromatic heterocycles. The molecule has 0 spiro atoms. The molecule has 0 aliphatic carbocycles. The fraction of sp³-hybridized carbons (Fsp3) is 0.636. The molecule has 0 aromatic carbocycles. The number of hydrogen-bond acceptors (Lipinski definition) is 6. The number of ether oxygens (including phenoxy) is 1. The predicted octanol–water partition coefficient (Wildman–Crippen LogP) is 2.37. The van der Waals surface area contributed by atoms with Crippen LogP contribution in [0.2, 0.25) is 0 Å². The van der Waals surface area contributed by atoms with Gasteiger partial charge in [-0.2, -0.15) is 0 Å². The molecule has 7 nitrogen and oxygen atoms in total. The highest BCUT2D eigenvalue weighted by Gasteiger charge is 2.34. The smallest absolute Gasteiger partial charge is 0.227 e. The molecule has 7 heteroatoms. The second-order valence-corrected chi connectivity index (χ2v) is 8.46. The number of furan rings is 1. The summed E-state index contributed by atoms with van der Waals surface area (Å²) in [5.74, 6) is 1.53. The highest BCUT2D eigenvalue weighted by molar-refractivity contribution is 5.88. The van der Waals surface area contributed by atoms with E-state index in [1.807, 2.05) is 23.2 Å². The zero-order valence-corrected chi connectivity index (χ0v) is 17.0. The maximum atomic E-state index is 12.9. The van der Waals surface area contributed by atoms with Gasteiger partial charge in [0.05, 0.1) is 30.8 Å². The first-order valence-corrected chi connectivity index (χ1v) is 11.0. The molecule has 156 valence electrons. The van der Waals surface area contributed by atoms with Crippen LogP contribution in [0.4, 0.5) is 5.82 Å². The van der Waals surface area contributed by atoms with Crippen LogP contribution in [0.3, 0.4) is 0 Å². The number of nitrogens with zero attached hydrogens (tertiary/aromatic N) is 4. The fourth-order valence-electron chi connectivity index (χ4n) is 5.16. The lowest BCUT2D eigenvalue weighted by atomic mass is 9.92. The number of piperidine rings is 2. The zero-order valence-electron chi connectivity index (χ0n) is 17.0. The van der Waals surface area contributed by atoms with Gasteiger partial charge < -0.3 is 19.0 Å². The second kappa shape index (κ2) is 8.32. The molecule has 3 aliphatic heterocycles. The van der Waals surface area contributed by atoms with Crippen LogP contribution in [0.25, 0.3) is 11.0 Å². The number of pyridine rings is 1. The molecule has 0 saturated carbocycles. The predicted molar refractivity (Wildman–Crippen MR) is 111 cm³/mol. The summed E-state index contributed by atoms with van der Waals surface area (Å²) < 4.78 is 10.9. The highest BCUT2D eigenvalue weighted by atomic mass is 16.5. The molecule has 29 heavy (non-hydrogen) atoms. The van der Waals surface area contributed by atoms with Crippen molar-refractivity contribution in [3.63, 3.8) is 0 Å². The first kappa shape index (κ1) is 18.9. The number of carbonyl (C=O) groups excluding carboxylic acids is 1. The number of fused-ring (bicyclic) bond motifs is 1. The Hall–Kier alpha value is -2.12. The van der Waals surface area contributed by atoms with E-state index in [2.05, 4.69) is 14.8 Å². The zero-order chi connectivity index (χ0) is 19.6. The van der Waals surface area contributed by atoms with Gasteiger partial charge in [0.25, 0.3) is 0 Å². The number of rotatable bonds is 3. The summed E-state index contributed by atoms with van der Waals surface area (Å²) in [6, 6.07) is 4.50. The van der Waals surface area contributed by atoms with Gasteiger partial charge >= 0.3 is 0 Å². The summed E-state index contributed by atoms with van der Waals surface area (Å²) in [5.41, 5.74) is 0.901. The van der Waals surface area contributed by atoms with Crippen molar-refractivity contribution in [1.29, 1.82) is 0 Å². The second-order valence-electron chi connectivity index (χ2n) is 8.46. The molecule has 0 unspecified atom stereocenters. The Labute approximate surface area is 171 Å². The molecular weight excluding hydrogens is 368 g/mol. The Balaban J connectivity index is 1.19. The van der Waals surface area contributed by atoms with Gasteiger partial charge in [0, 0.05) is 45.0 Å². The van der Waals surface area contributed by atoms with Gasteiger partial charge in [-0.25, -0.2) is 4.98 Å². The molecule has 2 aromatic rings. The third-order valence-corrected chi connectivity index (χ3v) is 6.76. The normalized spacial score (nSPS) is 24.9. The Bertz CT molecular complexity index is 839. The van der Waals surface area contributed by atoms with E-state index in [0.29, 0.717) is 25.2 Å². The molecule has 0 N–H and O–H groups in total. The van der Waals surface area contributed by atoms with Gasteiger partial charge in [0.2, 0.25) is 5.91 Å². The van der Waals surface area contributed by atoms with Gasteiger partial charge in [0.1, 0.15) is 11.4 Å². The van der Waals surface area contributed by atoms with Crippen molar-refractivity contribution in [2.75, 3.05) is 57.4 Å². The average molecular weight is 399 g/mol. The number of amides is 1. The molecule has 5 rings (SSSR count). The van der Waals surface area contributed by atoms with Crippen LogP contribution in [-0.4, -0.2) is 79.2 Å². The van der Waals surface area contributed by atoms with Crippen molar-refractivity contribution in [2.45, 2.75) is 31.7 Å². The maximum absolute atomic E-state index is 12.9. The van der Waals surface area contributed by atoms with Gasteiger partial charge in [0.15, 0.2) is 0 Å². The molecule has 1 atom stereocenters. The van der Waals surface area contributed by atoms with E-state index >= 15 is 0 Å². The van der Waals surface area contributed by atoms with Gasteiger partial charge in [-0.15, -0.1) is 0 Å². The number of carbonyl (C=O) groups is 1. The van der Waals surface area contributed by atoms with E-state index in [-0.39, 0.29) is 5.92 Å². The summed E-state index contributed by atoms with van der Waals surface area (Å²) in [5, 5.41) is 1.10. The van der Waals surface area contributed by atoms with Crippen LogP contribution in [0, 0.1) is 5.92 Å². The van der Waals surface area contributed by atoms with Crippen LogP contribution < -0.4 is 4.90 Å². The van der Waals surface area contributed by atoms with E-state index in [9.17, 15) is 4.79 Å². The minimum atomic E-state index is 0.154. The van der Waals surface area contributed by atoms with Crippen molar-refractivity contribution in [3.8, 4) is 0 Å². The van der Waals surface area contributed by atoms with Crippen molar-refractivity contribution in [1.82, 2.24) is 14.8 Å². The quantitative estimate of drug-likeness (QED) is 0.791. The van der Waals surface area contributed by atoms with Gasteiger partial charge in [-0.3, -0.25) is 9.69 Å². The van der Waals surface area contributed by atoms with E-state index in [1.165, 1.54) is 0 Å². The maximum Gasteiger partial charge on any atom is 0.227 e. The standard InChI is InChI=1S/C22H30N4O3/c27-22(25-11-14-28-15-12-25)17-2-1-8-26(16-17)18-4-9-24(10-5-18)21-19-6-13-29-20(19)3-7-23-21/h3,6-7,13,17-18H,1-2,4-5,8-12,14-16H2/t17-/m0/s1. The molecule has 3 aliphatic rings. The number of anilines is 1. The Morgan fingerprint density at radius 1 is 1.03 bits per heavy atom. The fourth-order valence-corrected chi connectivity index (χ4v) is 5.16. The third-order valence-electron chi connectivity index (χ3n) is 6.76. The minimum absolute atomic E-state index is 0.154. The topological polar surface area (TPSA) is 62.1 Å². The minimum Gasteiger partial charge on any atom is -0.464 e. The summed E-state index contributed by atoms with van der Waals surface area (Å²) >= 11 is 0. The first-order chi connectivity index (χ1) is 14.3. The summed E-state index contributed by atoms with van der Waals surface area (Å²) in [6.07, 6.45) is 7.96. The van der Waals surface area contributed by atoms with E-state index in [4.69, 9.17) is 9.15 Å². The Kier molecular flexibility index (Phi) is 5.42. The van der Waals surface area contributed by atoms with Gasteiger partial charge in [-0.05, 0) is 44.4 Å². The van der Waals surface area contributed by atoms with E-state index in [1.54, 1.807) is 6.26 Å².